The Morgan fingerprint density at radius 1 is 0.706 bits per heavy atom. The van der Waals surface area contributed by atoms with Crippen LogP contribution < -0.4 is 0 Å². The van der Waals surface area contributed by atoms with Crippen molar-refractivity contribution in [2.24, 2.45) is 0 Å². The van der Waals surface area contributed by atoms with E-state index >= 15 is 0 Å². The molecule has 3 aromatic heterocycles. The van der Waals surface area contributed by atoms with Crippen molar-refractivity contribution in [3.05, 3.63) is 72.1 Å². The fourth-order valence-electron chi connectivity index (χ4n) is 2.36. The predicted octanol–water partition coefficient (Wildman–Crippen LogP) is 3.03. The molecule has 3 rings (SSSR count). The van der Waals surface area contributed by atoms with Gasteiger partial charge in [-0.05, 0) is 43.3 Å². The molecule has 3 heteroatoms. The lowest BCUT2D eigenvalue weighted by atomic mass is 9.80. The monoisotopic (exact) mass is 225 g/mol. The van der Waals surface area contributed by atoms with Gasteiger partial charge in [0.05, 0.1) is 5.41 Å². The Morgan fingerprint density at radius 3 is 1.29 bits per heavy atom. The average Bonchev–Trinajstić information content (AvgIpc) is 3.10. The van der Waals surface area contributed by atoms with Crippen LogP contribution in [0.4, 0.5) is 0 Å². The van der Waals surface area contributed by atoms with Gasteiger partial charge in [0, 0.05) is 35.7 Å². The predicted molar refractivity (Wildman–Crippen MR) is 67.9 cm³/mol. The molecule has 0 spiro atoms. The van der Waals surface area contributed by atoms with Gasteiger partial charge in [0.25, 0.3) is 0 Å². The maximum absolute atomic E-state index is 3.31. The Kier molecular flexibility index (Phi) is 2.18. The van der Waals surface area contributed by atoms with Crippen molar-refractivity contribution in [2.75, 3.05) is 0 Å². The first-order valence-corrected chi connectivity index (χ1v) is 5.73. The van der Waals surface area contributed by atoms with Gasteiger partial charge < -0.3 is 15.0 Å². The van der Waals surface area contributed by atoms with E-state index in [9.17, 15) is 0 Å². The lowest BCUT2D eigenvalue weighted by Crippen LogP contribution is -2.26. The summed E-state index contributed by atoms with van der Waals surface area (Å²) in [5.74, 6) is 0. The third-order valence-corrected chi connectivity index (χ3v) is 3.41. The number of aromatic nitrogens is 3. The molecular formula is C14H15N3. The molecule has 0 saturated heterocycles. The van der Waals surface area contributed by atoms with Gasteiger partial charge in [0.2, 0.25) is 0 Å². The number of rotatable bonds is 3. The van der Waals surface area contributed by atoms with Gasteiger partial charge in [0.15, 0.2) is 0 Å². The molecular weight excluding hydrogens is 210 g/mol. The summed E-state index contributed by atoms with van der Waals surface area (Å²) in [4.78, 5) is 9.94. The van der Waals surface area contributed by atoms with Gasteiger partial charge in [-0.2, -0.15) is 0 Å². The van der Waals surface area contributed by atoms with E-state index in [1.54, 1.807) is 0 Å². The van der Waals surface area contributed by atoms with Gasteiger partial charge in [-0.15, -0.1) is 0 Å². The molecule has 0 aliphatic rings. The number of H-pyrrole nitrogens is 3. The second kappa shape index (κ2) is 3.70. The highest BCUT2D eigenvalue weighted by molar-refractivity contribution is 5.41. The van der Waals surface area contributed by atoms with Crippen molar-refractivity contribution in [3.63, 3.8) is 0 Å². The Bertz CT molecular complexity index is 475. The van der Waals surface area contributed by atoms with Crippen molar-refractivity contribution in [2.45, 2.75) is 12.3 Å². The van der Waals surface area contributed by atoms with Crippen LogP contribution in [0.3, 0.4) is 0 Å². The summed E-state index contributed by atoms with van der Waals surface area (Å²) in [5, 5.41) is 0. The quantitative estimate of drug-likeness (QED) is 0.613. The lowest BCUT2D eigenvalue weighted by molar-refractivity contribution is 0.632. The Hall–Kier alpha value is -2.16. The zero-order valence-corrected chi connectivity index (χ0v) is 9.70. The van der Waals surface area contributed by atoms with Gasteiger partial charge in [0.1, 0.15) is 0 Å². The normalized spacial score (nSPS) is 11.8. The number of hydrogen-bond acceptors (Lipinski definition) is 0. The van der Waals surface area contributed by atoms with E-state index in [-0.39, 0.29) is 5.41 Å². The minimum atomic E-state index is -0.198. The Labute approximate surface area is 99.9 Å². The fraction of sp³-hybridized carbons (Fsp3) is 0.143. The van der Waals surface area contributed by atoms with Crippen LogP contribution in [0.1, 0.15) is 24.0 Å². The standard InChI is InChI=1S/C14H15N3/c1-14(11-5-2-8-15-11,12-6-3-9-16-12)13-7-4-10-17-13/h2-10,15-17H,1H3. The van der Waals surface area contributed by atoms with Crippen LogP contribution in [0.25, 0.3) is 0 Å². The van der Waals surface area contributed by atoms with Crippen LogP contribution >= 0.6 is 0 Å². The van der Waals surface area contributed by atoms with Crippen LogP contribution in [-0.4, -0.2) is 15.0 Å². The molecule has 3 N–H and O–H groups in total. The molecule has 0 aliphatic carbocycles. The number of nitrogens with one attached hydrogen (secondary N) is 3. The highest BCUT2D eigenvalue weighted by Gasteiger charge is 2.33. The molecule has 0 fully saturated rings. The summed E-state index contributed by atoms with van der Waals surface area (Å²) in [7, 11) is 0. The number of hydrogen-bond donors (Lipinski definition) is 3. The molecule has 3 aromatic rings. The smallest absolute Gasteiger partial charge is 0.0872 e. The zero-order chi connectivity index (χ0) is 11.7. The zero-order valence-electron chi connectivity index (χ0n) is 9.70. The third kappa shape index (κ3) is 1.43. The second-order valence-corrected chi connectivity index (χ2v) is 4.38. The molecule has 0 aliphatic heterocycles. The molecule has 0 radical (unpaired) electrons. The minimum absolute atomic E-state index is 0.198. The summed E-state index contributed by atoms with van der Waals surface area (Å²) >= 11 is 0. The third-order valence-electron chi connectivity index (χ3n) is 3.41. The molecule has 17 heavy (non-hydrogen) atoms. The van der Waals surface area contributed by atoms with Crippen molar-refractivity contribution >= 4 is 0 Å². The van der Waals surface area contributed by atoms with Gasteiger partial charge in [-0.1, -0.05) is 0 Å². The summed E-state index contributed by atoms with van der Waals surface area (Å²) in [6.07, 6.45) is 5.87. The molecule has 3 heterocycles. The highest BCUT2D eigenvalue weighted by Crippen LogP contribution is 2.35. The summed E-state index contributed by atoms with van der Waals surface area (Å²) in [5.41, 5.74) is 3.31. The van der Waals surface area contributed by atoms with Gasteiger partial charge >= 0.3 is 0 Å². The molecule has 0 amide bonds. The van der Waals surface area contributed by atoms with Crippen molar-refractivity contribution in [1.82, 2.24) is 15.0 Å². The van der Waals surface area contributed by atoms with E-state index in [4.69, 9.17) is 0 Å². The van der Waals surface area contributed by atoms with E-state index in [1.165, 1.54) is 17.1 Å². The van der Waals surface area contributed by atoms with E-state index in [2.05, 4.69) is 40.1 Å². The van der Waals surface area contributed by atoms with Crippen molar-refractivity contribution in [1.29, 1.82) is 0 Å². The van der Waals surface area contributed by atoms with Gasteiger partial charge in [-0.3, -0.25) is 0 Å². The lowest BCUT2D eigenvalue weighted by Gasteiger charge is -2.27. The van der Waals surface area contributed by atoms with E-state index in [0.717, 1.165) is 0 Å². The van der Waals surface area contributed by atoms with Crippen LogP contribution in [-0.2, 0) is 5.41 Å². The average molecular weight is 225 g/mol. The topological polar surface area (TPSA) is 47.4 Å². The second-order valence-electron chi connectivity index (χ2n) is 4.38. The van der Waals surface area contributed by atoms with E-state index in [0.29, 0.717) is 0 Å². The molecule has 0 saturated carbocycles. The molecule has 0 atom stereocenters. The summed E-state index contributed by atoms with van der Waals surface area (Å²) in [6.45, 7) is 2.20. The first-order chi connectivity index (χ1) is 8.32. The first kappa shape index (κ1) is 10.0. The summed E-state index contributed by atoms with van der Waals surface area (Å²) < 4.78 is 0. The van der Waals surface area contributed by atoms with Crippen LogP contribution in [0.5, 0.6) is 0 Å². The Balaban J connectivity index is 2.21. The Morgan fingerprint density at radius 2 is 1.06 bits per heavy atom. The highest BCUT2D eigenvalue weighted by atomic mass is 14.8. The van der Waals surface area contributed by atoms with Crippen molar-refractivity contribution in [3.8, 4) is 0 Å². The number of aromatic amines is 3. The summed E-state index contributed by atoms with van der Waals surface area (Å²) in [6, 6.07) is 12.4. The maximum atomic E-state index is 3.31. The molecule has 3 nitrogen and oxygen atoms in total. The van der Waals surface area contributed by atoms with Crippen molar-refractivity contribution < 1.29 is 0 Å². The molecule has 0 unspecified atom stereocenters. The van der Waals surface area contributed by atoms with Gasteiger partial charge in [-0.25, -0.2) is 0 Å². The molecule has 86 valence electrons. The van der Waals surface area contributed by atoms with Crippen LogP contribution in [0.15, 0.2) is 55.0 Å². The minimum Gasteiger partial charge on any atom is -0.364 e. The van der Waals surface area contributed by atoms with E-state index < -0.39 is 0 Å². The van der Waals surface area contributed by atoms with Crippen LogP contribution in [0, 0.1) is 0 Å². The first-order valence-electron chi connectivity index (χ1n) is 5.73. The fourth-order valence-corrected chi connectivity index (χ4v) is 2.36. The largest absolute Gasteiger partial charge is 0.364 e. The SMILES string of the molecule is CC(c1ccc[nH]1)(c1ccc[nH]1)c1ccc[nH]1. The maximum Gasteiger partial charge on any atom is 0.0872 e. The molecule has 0 bridgehead atoms. The van der Waals surface area contributed by atoms with E-state index in [1.807, 2.05) is 36.8 Å². The molecule has 0 aromatic carbocycles. The van der Waals surface area contributed by atoms with Crippen LogP contribution in [0.2, 0.25) is 0 Å².